The normalized spacial score (nSPS) is 16.0. The van der Waals surface area contributed by atoms with Crippen molar-refractivity contribution in [3.8, 4) is 11.5 Å². The second-order valence-electron chi connectivity index (χ2n) is 7.72. The van der Waals surface area contributed by atoms with Crippen LogP contribution in [0.1, 0.15) is 17.5 Å². The lowest BCUT2D eigenvalue weighted by Crippen LogP contribution is -2.35. The highest BCUT2D eigenvalue weighted by Crippen LogP contribution is 2.31. The number of nitrogens with zero attached hydrogens (tertiary/aromatic N) is 4. The molecule has 2 aliphatic heterocycles. The number of halogens is 1. The zero-order valence-corrected chi connectivity index (χ0v) is 20.5. The van der Waals surface area contributed by atoms with E-state index in [-0.39, 0.29) is 11.4 Å². The van der Waals surface area contributed by atoms with E-state index < -0.39 is 5.91 Å². The van der Waals surface area contributed by atoms with Crippen LogP contribution in [0.2, 0.25) is 5.02 Å². The highest BCUT2D eigenvalue weighted by Gasteiger charge is 2.36. The Hall–Kier alpha value is -3.95. The molecule has 0 aliphatic carbocycles. The topological polar surface area (TPSA) is 100 Å². The smallest absolute Gasteiger partial charge is 0.283 e. The quantitative estimate of drug-likeness (QED) is 0.323. The Labute approximate surface area is 216 Å². The van der Waals surface area contributed by atoms with E-state index >= 15 is 0 Å². The third-order valence-electron chi connectivity index (χ3n) is 5.21. The van der Waals surface area contributed by atoms with Crippen molar-refractivity contribution in [2.45, 2.75) is 6.42 Å². The first kappa shape index (κ1) is 23.8. The van der Waals surface area contributed by atoms with E-state index in [0.717, 1.165) is 11.1 Å². The lowest BCUT2D eigenvalue weighted by molar-refractivity contribution is -0.114. The van der Waals surface area contributed by atoms with Gasteiger partial charge in [0.1, 0.15) is 16.5 Å². The van der Waals surface area contributed by atoms with Gasteiger partial charge in [0.2, 0.25) is 5.17 Å². The number of aliphatic imine (C=N–C) groups is 1. The first-order valence-electron chi connectivity index (χ1n) is 11.1. The average Bonchev–Trinajstić information content (AvgIpc) is 3.33. The number of rotatable bonds is 8. The molecule has 0 radical (unpaired) electrons. The minimum Gasteiger partial charge on any atom is -0.493 e. The fourth-order valence-corrected chi connectivity index (χ4v) is 4.49. The van der Waals surface area contributed by atoms with Crippen molar-refractivity contribution < 1.29 is 14.3 Å². The molecule has 0 atom stereocenters. The van der Waals surface area contributed by atoms with Gasteiger partial charge in [0, 0.05) is 24.4 Å². The number of hydrogen-bond acceptors (Lipinski definition) is 7. The van der Waals surface area contributed by atoms with Gasteiger partial charge >= 0.3 is 0 Å². The Morgan fingerprint density at radius 3 is 2.61 bits per heavy atom. The van der Waals surface area contributed by atoms with Crippen molar-refractivity contribution >= 4 is 51.4 Å². The van der Waals surface area contributed by atoms with Gasteiger partial charge < -0.3 is 9.47 Å². The lowest BCUT2D eigenvalue weighted by atomic mass is 10.1. The molecule has 8 nitrogen and oxygen atoms in total. The summed E-state index contributed by atoms with van der Waals surface area (Å²) in [5, 5.41) is 16.0. The maximum atomic E-state index is 12.6. The molecule has 5 rings (SSSR count). The van der Waals surface area contributed by atoms with Gasteiger partial charge in [-0.15, -0.1) is 0 Å². The number of amides is 1. The monoisotopic (exact) mass is 517 g/mol. The van der Waals surface area contributed by atoms with Crippen LogP contribution >= 0.6 is 23.4 Å². The van der Waals surface area contributed by atoms with Gasteiger partial charge in [-0.1, -0.05) is 35.9 Å². The Kier molecular flexibility index (Phi) is 7.11. The van der Waals surface area contributed by atoms with E-state index in [0.29, 0.717) is 46.4 Å². The van der Waals surface area contributed by atoms with Crippen molar-refractivity contribution in [3.63, 3.8) is 0 Å². The molecule has 10 heteroatoms. The van der Waals surface area contributed by atoms with Crippen molar-refractivity contribution in [1.29, 1.82) is 5.41 Å². The van der Waals surface area contributed by atoms with Gasteiger partial charge in [0.15, 0.2) is 5.84 Å². The third kappa shape index (κ3) is 5.32. The highest BCUT2D eigenvalue weighted by molar-refractivity contribution is 8.27. The van der Waals surface area contributed by atoms with Crippen molar-refractivity contribution in [1.82, 2.24) is 9.99 Å². The molecule has 0 unspecified atom stereocenters. The summed E-state index contributed by atoms with van der Waals surface area (Å²) in [5.74, 6) is 0.861. The van der Waals surface area contributed by atoms with Crippen LogP contribution in [0, 0.1) is 5.41 Å². The number of carbonyl (C=O) groups excluding carboxylic acids is 1. The van der Waals surface area contributed by atoms with E-state index in [1.54, 1.807) is 30.6 Å². The molecular weight excluding hydrogens is 498 g/mol. The maximum Gasteiger partial charge on any atom is 0.283 e. The standard InChI is InChI=1S/C26H20ClN5O3S/c27-21-6-1-2-7-22(21)35-14-4-13-34-19-10-8-17(9-11-19)15-20-23(28)32-26(30-24(20)33)36-25(31-32)18-5-3-12-29-16-18/h1-3,5-12,15-16,28H,4,13-14H2/b20-15-,28-23?. The van der Waals surface area contributed by atoms with Crippen LogP contribution in [-0.4, -0.2) is 45.2 Å². The number of hydrogen-bond donors (Lipinski definition) is 1. The molecule has 0 spiro atoms. The largest absolute Gasteiger partial charge is 0.493 e. The number of para-hydroxylation sites is 1. The highest BCUT2D eigenvalue weighted by atomic mass is 35.5. The fraction of sp³-hybridized carbons (Fsp3) is 0.115. The second kappa shape index (κ2) is 10.8. The Morgan fingerprint density at radius 2 is 1.83 bits per heavy atom. The van der Waals surface area contributed by atoms with Gasteiger partial charge in [-0.2, -0.15) is 15.1 Å². The molecule has 1 N–H and O–H groups in total. The van der Waals surface area contributed by atoms with E-state index in [1.807, 2.05) is 48.5 Å². The molecule has 1 aromatic heterocycles. The Bertz CT molecular complexity index is 1390. The van der Waals surface area contributed by atoms with Crippen LogP contribution in [0.25, 0.3) is 6.08 Å². The van der Waals surface area contributed by atoms with Gasteiger partial charge in [0.05, 0.1) is 23.8 Å². The second-order valence-corrected chi connectivity index (χ2v) is 9.08. The number of nitrogens with one attached hydrogen (secondary N) is 1. The molecule has 2 aliphatic rings. The summed E-state index contributed by atoms with van der Waals surface area (Å²) in [5.41, 5.74) is 1.72. The number of aromatic nitrogens is 1. The Balaban J connectivity index is 1.18. The summed E-state index contributed by atoms with van der Waals surface area (Å²) in [4.78, 5) is 20.9. The van der Waals surface area contributed by atoms with Crippen molar-refractivity contribution in [2.75, 3.05) is 13.2 Å². The SMILES string of the molecule is N=C1/C(=C/c2ccc(OCCCOc3ccccc3Cl)cc2)C(=O)N=C2SC(c3cccnc3)=NN12. The van der Waals surface area contributed by atoms with Crippen LogP contribution < -0.4 is 9.47 Å². The molecule has 0 fully saturated rings. The number of pyridine rings is 1. The van der Waals surface area contributed by atoms with Crippen LogP contribution in [0.5, 0.6) is 11.5 Å². The number of ether oxygens (including phenoxy) is 2. The molecule has 180 valence electrons. The van der Waals surface area contributed by atoms with Gasteiger partial charge in [-0.05, 0) is 59.8 Å². The van der Waals surface area contributed by atoms with E-state index in [1.165, 1.54) is 16.8 Å². The summed E-state index contributed by atoms with van der Waals surface area (Å²) in [6.07, 6.45) is 5.68. The summed E-state index contributed by atoms with van der Waals surface area (Å²) < 4.78 is 11.4. The molecule has 3 heterocycles. The summed E-state index contributed by atoms with van der Waals surface area (Å²) in [6.45, 7) is 0.968. The molecule has 3 aromatic rings. The minimum absolute atomic E-state index is 0.0183. The number of carbonyl (C=O) groups is 1. The molecule has 0 bridgehead atoms. The fourth-order valence-electron chi connectivity index (χ4n) is 3.42. The number of amidine groups is 2. The Morgan fingerprint density at radius 1 is 1.03 bits per heavy atom. The van der Waals surface area contributed by atoms with Gasteiger partial charge in [-0.3, -0.25) is 15.2 Å². The van der Waals surface area contributed by atoms with E-state index in [2.05, 4.69) is 15.1 Å². The van der Waals surface area contributed by atoms with Gasteiger partial charge in [-0.25, -0.2) is 0 Å². The molecule has 0 saturated carbocycles. The van der Waals surface area contributed by atoms with Crippen LogP contribution in [0.4, 0.5) is 0 Å². The lowest BCUT2D eigenvalue weighted by Gasteiger charge is -2.20. The first-order chi connectivity index (χ1) is 17.6. The van der Waals surface area contributed by atoms with E-state index in [4.69, 9.17) is 26.5 Å². The number of thioether (sulfide) groups is 1. The zero-order valence-electron chi connectivity index (χ0n) is 18.9. The molecule has 0 saturated heterocycles. The average molecular weight is 518 g/mol. The maximum absolute atomic E-state index is 12.6. The molecular formula is C26H20ClN5O3S. The van der Waals surface area contributed by atoms with Crippen molar-refractivity contribution in [2.24, 2.45) is 10.1 Å². The van der Waals surface area contributed by atoms with Crippen molar-refractivity contribution in [3.05, 3.63) is 94.8 Å². The third-order valence-corrected chi connectivity index (χ3v) is 6.48. The van der Waals surface area contributed by atoms with Crippen LogP contribution in [0.15, 0.2) is 88.7 Å². The predicted octanol–water partition coefficient (Wildman–Crippen LogP) is 5.25. The number of benzene rings is 2. The minimum atomic E-state index is -0.472. The zero-order chi connectivity index (χ0) is 24.9. The number of hydrazone groups is 1. The number of fused-ring (bicyclic) bond motifs is 1. The molecule has 2 aromatic carbocycles. The van der Waals surface area contributed by atoms with Crippen LogP contribution in [0.3, 0.4) is 0 Å². The predicted molar refractivity (Wildman–Crippen MR) is 142 cm³/mol. The summed E-state index contributed by atoms with van der Waals surface area (Å²) in [6, 6.07) is 18.3. The molecule has 1 amide bonds. The first-order valence-corrected chi connectivity index (χ1v) is 12.3. The summed E-state index contributed by atoms with van der Waals surface area (Å²) in [7, 11) is 0. The van der Waals surface area contributed by atoms with Gasteiger partial charge in [0.25, 0.3) is 5.91 Å². The molecule has 36 heavy (non-hydrogen) atoms. The van der Waals surface area contributed by atoms with Crippen LogP contribution in [-0.2, 0) is 4.79 Å². The van der Waals surface area contributed by atoms with E-state index in [9.17, 15) is 4.79 Å². The summed E-state index contributed by atoms with van der Waals surface area (Å²) >= 11 is 7.32.